The second-order valence-corrected chi connectivity index (χ2v) is 4.84. The van der Waals surface area contributed by atoms with E-state index >= 15 is 0 Å². The fraction of sp³-hybridized carbons (Fsp3) is 0.833. The van der Waals surface area contributed by atoms with E-state index < -0.39 is 0 Å². The van der Waals surface area contributed by atoms with Crippen molar-refractivity contribution in [1.29, 1.82) is 0 Å². The Morgan fingerprint density at radius 1 is 1.29 bits per heavy atom. The molecule has 0 aliphatic heterocycles. The molecule has 1 N–H and O–H groups in total. The maximum absolute atomic E-state index is 8.86. The van der Waals surface area contributed by atoms with Crippen molar-refractivity contribution < 1.29 is 9.63 Å². The molecule has 0 aliphatic carbocycles. The fourth-order valence-electron chi connectivity index (χ4n) is 1.53. The van der Waals surface area contributed by atoms with Gasteiger partial charge in [0.25, 0.3) is 0 Å². The van der Waals surface area contributed by atoms with Gasteiger partial charge in [0, 0.05) is 25.1 Å². The molecular formula is C12H23N3O2. The van der Waals surface area contributed by atoms with Crippen LogP contribution in [0.2, 0.25) is 0 Å². The van der Waals surface area contributed by atoms with E-state index in [0.29, 0.717) is 18.5 Å². The second-order valence-electron chi connectivity index (χ2n) is 4.84. The molecule has 1 aromatic heterocycles. The first kappa shape index (κ1) is 14.1. The van der Waals surface area contributed by atoms with Gasteiger partial charge in [-0.05, 0) is 20.3 Å². The van der Waals surface area contributed by atoms with Crippen molar-refractivity contribution in [2.75, 3.05) is 13.2 Å². The summed E-state index contributed by atoms with van der Waals surface area (Å²) in [6.45, 7) is 10.0. The van der Waals surface area contributed by atoms with E-state index in [0.717, 1.165) is 18.8 Å². The summed E-state index contributed by atoms with van der Waals surface area (Å²) in [5.74, 6) is 1.70. The molecule has 0 radical (unpaired) electrons. The molecule has 5 heteroatoms. The van der Waals surface area contributed by atoms with Gasteiger partial charge >= 0.3 is 0 Å². The normalized spacial score (nSPS) is 12.0. The average molecular weight is 241 g/mol. The highest BCUT2D eigenvalue weighted by Gasteiger charge is 2.15. The number of rotatable bonds is 7. The summed E-state index contributed by atoms with van der Waals surface area (Å²) in [4.78, 5) is 6.57. The number of aliphatic hydroxyl groups is 1. The highest BCUT2D eigenvalue weighted by Crippen LogP contribution is 2.12. The van der Waals surface area contributed by atoms with Gasteiger partial charge < -0.3 is 9.63 Å². The van der Waals surface area contributed by atoms with Gasteiger partial charge in [-0.2, -0.15) is 4.98 Å². The summed E-state index contributed by atoms with van der Waals surface area (Å²) >= 11 is 0. The predicted octanol–water partition coefficient (Wildman–Crippen LogP) is 1.79. The molecule has 1 aromatic rings. The second kappa shape index (κ2) is 6.71. The van der Waals surface area contributed by atoms with E-state index in [2.05, 4.69) is 28.9 Å². The van der Waals surface area contributed by atoms with Gasteiger partial charge in [0.15, 0.2) is 5.82 Å². The van der Waals surface area contributed by atoms with Gasteiger partial charge in [-0.15, -0.1) is 0 Å². The lowest BCUT2D eigenvalue weighted by atomic mass is 10.2. The minimum atomic E-state index is 0.213. The predicted molar refractivity (Wildman–Crippen MR) is 65.6 cm³/mol. The van der Waals surface area contributed by atoms with Gasteiger partial charge in [-0.3, -0.25) is 4.90 Å². The molecule has 1 rings (SSSR count). The quantitative estimate of drug-likeness (QED) is 0.788. The summed E-state index contributed by atoms with van der Waals surface area (Å²) < 4.78 is 5.22. The van der Waals surface area contributed by atoms with Crippen molar-refractivity contribution in [3.05, 3.63) is 11.7 Å². The molecule has 17 heavy (non-hydrogen) atoms. The first-order valence-electron chi connectivity index (χ1n) is 6.22. The standard InChI is InChI=1S/C12H23N3O2/c1-9(2)12-13-11(17-14-12)8-15(10(3)4)6-5-7-16/h9-10,16H,5-8H2,1-4H3. The monoisotopic (exact) mass is 241 g/mol. The van der Waals surface area contributed by atoms with Crippen LogP contribution < -0.4 is 0 Å². The molecule has 0 bridgehead atoms. The molecule has 0 spiro atoms. The van der Waals surface area contributed by atoms with Gasteiger partial charge in [-0.1, -0.05) is 19.0 Å². The Kier molecular flexibility index (Phi) is 5.58. The minimum Gasteiger partial charge on any atom is -0.396 e. The highest BCUT2D eigenvalue weighted by atomic mass is 16.5. The van der Waals surface area contributed by atoms with Crippen LogP contribution in [0.4, 0.5) is 0 Å². The lowest BCUT2D eigenvalue weighted by Gasteiger charge is -2.24. The molecule has 0 atom stereocenters. The topological polar surface area (TPSA) is 62.4 Å². The lowest BCUT2D eigenvalue weighted by molar-refractivity contribution is 0.165. The van der Waals surface area contributed by atoms with E-state index in [9.17, 15) is 0 Å². The Morgan fingerprint density at radius 3 is 2.47 bits per heavy atom. The minimum absolute atomic E-state index is 0.213. The van der Waals surface area contributed by atoms with Crippen molar-refractivity contribution >= 4 is 0 Å². The van der Waals surface area contributed by atoms with Crippen LogP contribution in [-0.4, -0.2) is 39.3 Å². The summed E-state index contributed by atoms with van der Waals surface area (Å²) in [5, 5.41) is 12.8. The maximum Gasteiger partial charge on any atom is 0.240 e. The maximum atomic E-state index is 8.86. The third-order valence-corrected chi connectivity index (χ3v) is 2.67. The zero-order chi connectivity index (χ0) is 12.8. The third-order valence-electron chi connectivity index (χ3n) is 2.67. The smallest absolute Gasteiger partial charge is 0.240 e. The fourth-order valence-corrected chi connectivity index (χ4v) is 1.53. The van der Waals surface area contributed by atoms with Crippen molar-refractivity contribution in [3.63, 3.8) is 0 Å². The van der Waals surface area contributed by atoms with Gasteiger partial charge in [0.1, 0.15) is 0 Å². The van der Waals surface area contributed by atoms with E-state index in [-0.39, 0.29) is 12.5 Å². The molecular weight excluding hydrogens is 218 g/mol. The number of hydrogen-bond acceptors (Lipinski definition) is 5. The van der Waals surface area contributed by atoms with Crippen LogP contribution in [0.25, 0.3) is 0 Å². The zero-order valence-electron chi connectivity index (χ0n) is 11.2. The molecule has 0 saturated heterocycles. The Morgan fingerprint density at radius 2 is 2.00 bits per heavy atom. The van der Waals surface area contributed by atoms with E-state index in [4.69, 9.17) is 9.63 Å². The van der Waals surface area contributed by atoms with Gasteiger partial charge in [0.05, 0.1) is 6.54 Å². The Bertz CT molecular complexity index is 323. The largest absolute Gasteiger partial charge is 0.396 e. The van der Waals surface area contributed by atoms with Crippen molar-refractivity contribution in [2.24, 2.45) is 0 Å². The van der Waals surface area contributed by atoms with Crippen LogP contribution in [-0.2, 0) is 6.54 Å². The summed E-state index contributed by atoms with van der Waals surface area (Å²) in [5.41, 5.74) is 0. The van der Waals surface area contributed by atoms with Crippen LogP contribution in [0.15, 0.2) is 4.52 Å². The van der Waals surface area contributed by atoms with Gasteiger partial charge in [-0.25, -0.2) is 0 Å². The zero-order valence-corrected chi connectivity index (χ0v) is 11.2. The van der Waals surface area contributed by atoms with Crippen LogP contribution in [0, 0.1) is 0 Å². The number of aromatic nitrogens is 2. The summed E-state index contributed by atoms with van der Waals surface area (Å²) in [6.07, 6.45) is 0.767. The third kappa shape index (κ3) is 4.44. The van der Waals surface area contributed by atoms with E-state index in [1.807, 2.05) is 13.8 Å². The molecule has 0 fully saturated rings. The van der Waals surface area contributed by atoms with Crippen LogP contribution in [0.1, 0.15) is 51.7 Å². The molecule has 5 nitrogen and oxygen atoms in total. The van der Waals surface area contributed by atoms with Crippen LogP contribution in [0.5, 0.6) is 0 Å². The lowest BCUT2D eigenvalue weighted by Crippen LogP contribution is -2.31. The number of nitrogens with zero attached hydrogens (tertiary/aromatic N) is 3. The Labute approximate surface area is 103 Å². The molecule has 0 saturated carbocycles. The molecule has 0 aliphatic rings. The molecule has 0 aromatic carbocycles. The van der Waals surface area contributed by atoms with Gasteiger partial charge in [0.2, 0.25) is 5.89 Å². The van der Waals surface area contributed by atoms with E-state index in [1.165, 1.54) is 0 Å². The summed E-state index contributed by atoms with van der Waals surface area (Å²) in [7, 11) is 0. The molecule has 0 unspecified atom stereocenters. The Hall–Kier alpha value is -0.940. The molecule has 0 amide bonds. The SMILES string of the molecule is CC(C)c1noc(CN(CCCO)C(C)C)n1. The number of hydrogen-bond donors (Lipinski definition) is 1. The number of aliphatic hydroxyl groups excluding tert-OH is 1. The van der Waals surface area contributed by atoms with Crippen molar-refractivity contribution in [2.45, 2.75) is 52.6 Å². The molecule has 1 heterocycles. The Balaban J connectivity index is 2.58. The van der Waals surface area contributed by atoms with Crippen molar-refractivity contribution in [3.8, 4) is 0 Å². The van der Waals surface area contributed by atoms with Crippen LogP contribution >= 0.6 is 0 Å². The first-order chi connectivity index (χ1) is 8.04. The van der Waals surface area contributed by atoms with E-state index in [1.54, 1.807) is 0 Å². The highest BCUT2D eigenvalue weighted by molar-refractivity contribution is 4.91. The first-order valence-corrected chi connectivity index (χ1v) is 6.22. The molecule has 98 valence electrons. The van der Waals surface area contributed by atoms with Crippen molar-refractivity contribution in [1.82, 2.24) is 15.0 Å². The van der Waals surface area contributed by atoms with Crippen LogP contribution in [0.3, 0.4) is 0 Å². The average Bonchev–Trinajstić information content (AvgIpc) is 2.72. The summed E-state index contributed by atoms with van der Waals surface area (Å²) in [6, 6.07) is 0.399.